The molecule has 1 aliphatic heterocycles. The summed E-state index contributed by atoms with van der Waals surface area (Å²) >= 11 is 11.8. The number of benzene rings is 2. The number of rotatable bonds is 5. The minimum Gasteiger partial charge on any atom is -0.451 e. The van der Waals surface area contributed by atoms with Gasteiger partial charge in [0.25, 0.3) is 11.8 Å². The fourth-order valence-corrected chi connectivity index (χ4v) is 3.31. The summed E-state index contributed by atoms with van der Waals surface area (Å²) < 4.78 is 5.15. The largest absolute Gasteiger partial charge is 0.451 e. The molecule has 0 bridgehead atoms. The van der Waals surface area contributed by atoms with Crippen molar-refractivity contribution in [1.29, 1.82) is 0 Å². The molecule has 1 unspecified atom stereocenters. The number of halogens is 2. The van der Waals surface area contributed by atoms with Crippen LogP contribution in [0, 0.1) is 0 Å². The Labute approximate surface area is 171 Å². The van der Waals surface area contributed by atoms with E-state index in [-0.39, 0.29) is 12.5 Å². The maximum Gasteiger partial charge on any atom is 0.326 e. The van der Waals surface area contributed by atoms with E-state index in [1.54, 1.807) is 24.3 Å². The number of esters is 1. The van der Waals surface area contributed by atoms with Crippen LogP contribution in [0.15, 0.2) is 49.0 Å². The Morgan fingerprint density at radius 2 is 1.75 bits per heavy atom. The summed E-state index contributed by atoms with van der Waals surface area (Å²) in [6.07, 6.45) is -1.08. The average Bonchev–Trinajstić information content (AvgIpc) is 2.86. The van der Waals surface area contributed by atoms with E-state index in [9.17, 15) is 14.4 Å². The molecule has 0 saturated heterocycles. The summed E-state index contributed by atoms with van der Waals surface area (Å²) in [5.41, 5.74) is 1.94. The van der Waals surface area contributed by atoms with Crippen LogP contribution in [0.1, 0.15) is 22.8 Å². The van der Waals surface area contributed by atoms with Crippen LogP contribution in [0.5, 0.6) is 0 Å². The summed E-state index contributed by atoms with van der Waals surface area (Å²) in [6, 6.07) is 11.5. The molecule has 2 amide bonds. The summed E-state index contributed by atoms with van der Waals surface area (Å²) in [5.74, 6) is -1.61. The Morgan fingerprint density at radius 3 is 2.36 bits per heavy atom. The number of nitrogens with zero attached hydrogens (tertiary/aromatic N) is 1. The smallest absolute Gasteiger partial charge is 0.326 e. The third kappa shape index (κ3) is 4.18. The van der Waals surface area contributed by atoms with Crippen molar-refractivity contribution in [3.05, 3.63) is 70.2 Å². The summed E-state index contributed by atoms with van der Waals surface area (Å²) in [5, 5.41) is 3.29. The minimum absolute atomic E-state index is 0.330. The number of amides is 2. The lowest BCUT2D eigenvalue weighted by molar-refractivity contribution is -0.153. The second kappa shape index (κ2) is 8.04. The quantitative estimate of drug-likeness (QED) is 0.744. The Morgan fingerprint density at radius 1 is 1.14 bits per heavy atom. The van der Waals surface area contributed by atoms with Crippen LogP contribution in [0.3, 0.4) is 0 Å². The van der Waals surface area contributed by atoms with Crippen molar-refractivity contribution in [1.82, 2.24) is 4.90 Å². The Kier molecular flexibility index (Phi) is 5.72. The first kappa shape index (κ1) is 19.9. The molecular weight excluding hydrogens is 403 g/mol. The van der Waals surface area contributed by atoms with Gasteiger partial charge in [0.05, 0.1) is 0 Å². The molecular formula is C20H16Cl2N2O4. The first-order valence-electron chi connectivity index (χ1n) is 8.33. The molecule has 2 aromatic carbocycles. The van der Waals surface area contributed by atoms with Crippen LogP contribution in [0.2, 0.25) is 10.0 Å². The van der Waals surface area contributed by atoms with Gasteiger partial charge in [-0.1, -0.05) is 48.0 Å². The molecule has 0 saturated carbocycles. The second-order valence-electron chi connectivity index (χ2n) is 6.16. The van der Waals surface area contributed by atoms with Crippen molar-refractivity contribution in [2.75, 3.05) is 11.9 Å². The van der Waals surface area contributed by atoms with Crippen molar-refractivity contribution in [3.63, 3.8) is 0 Å². The fourth-order valence-electron chi connectivity index (χ4n) is 2.79. The van der Waals surface area contributed by atoms with E-state index in [1.165, 1.54) is 30.0 Å². The molecule has 0 fully saturated rings. The van der Waals surface area contributed by atoms with Crippen LogP contribution < -0.4 is 5.32 Å². The molecule has 2 aromatic rings. The highest BCUT2D eigenvalue weighted by molar-refractivity contribution is 6.35. The topological polar surface area (TPSA) is 75.7 Å². The number of nitrogens with one attached hydrogen (secondary N) is 1. The number of hydrogen-bond acceptors (Lipinski definition) is 4. The van der Waals surface area contributed by atoms with Gasteiger partial charge in [-0.15, -0.1) is 0 Å². The van der Waals surface area contributed by atoms with E-state index in [0.29, 0.717) is 32.6 Å². The standard InChI is InChI=1S/C20H16Cl2N2O4/c1-11-16-5-3-4-6-17(16)20(27)24(11)10-18(25)28-12(2)19(26)23-15-8-13(21)7-14(22)9-15/h3-9,12H,1,10H2,2H3,(H,23,26). The monoisotopic (exact) mass is 418 g/mol. The third-order valence-corrected chi connectivity index (χ3v) is 4.57. The summed E-state index contributed by atoms with van der Waals surface area (Å²) in [7, 11) is 0. The van der Waals surface area contributed by atoms with Crippen LogP contribution in [0.25, 0.3) is 5.70 Å². The molecule has 0 aliphatic carbocycles. The van der Waals surface area contributed by atoms with Gasteiger partial charge in [0.2, 0.25) is 0 Å². The lowest BCUT2D eigenvalue weighted by Crippen LogP contribution is -2.35. The molecule has 0 aromatic heterocycles. The van der Waals surface area contributed by atoms with Gasteiger partial charge in [0.1, 0.15) is 6.54 Å². The third-order valence-electron chi connectivity index (χ3n) is 4.13. The molecule has 144 valence electrons. The van der Waals surface area contributed by atoms with E-state index in [2.05, 4.69) is 11.9 Å². The van der Waals surface area contributed by atoms with Gasteiger partial charge in [-0.2, -0.15) is 0 Å². The van der Waals surface area contributed by atoms with Crippen LogP contribution >= 0.6 is 23.2 Å². The van der Waals surface area contributed by atoms with E-state index in [0.717, 1.165) is 0 Å². The lowest BCUT2D eigenvalue weighted by Gasteiger charge is -2.19. The van der Waals surface area contributed by atoms with Crippen molar-refractivity contribution < 1.29 is 19.1 Å². The molecule has 1 heterocycles. The predicted molar refractivity (Wildman–Crippen MR) is 107 cm³/mol. The molecule has 1 N–H and O–H groups in total. The van der Waals surface area contributed by atoms with Gasteiger partial charge in [0, 0.05) is 32.6 Å². The van der Waals surface area contributed by atoms with Crippen molar-refractivity contribution in [2.24, 2.45) is 0 Å². The van der Waals surface area contributed by atoms with Gasteiger partial charge in [-0.05, 0) is 31.2 Å². The van der Waals surface area contributed by atoms with Gasteiger partial charge < -0.3 is 10.1 Å². The Bertz CT molecular complexity index is 935. The highest BCUT2D eigenvalue weighted by Gasteiger charge is 2.33. The molecule has 1 aliphatic rings. The maximum absolute atomic E-state index is 12.4. The lowest BCUT2D eigenvalue weighted by atomic mass is 10.1. The summed E-state index contributed by atoms with van der Waals surface area (Å²) in [4.78, 5) is 38.1. The van der Waals surface area contributed by atoms with E-state index < -0.39 is 18.0 Å². The molecule has 0 radical (unpaired) electrons. The van der Waals surface area contributed by atoms with Crippen molar-refractivity contribution in [2.45, 2.75) is 13.0 Å². The van der Waals surface area contributed by atoms with Crippen LogP contribution in [-0.2, 0) is 14.3 Å². The molecule has 0 spiro atoms. The average molecular weight is 419 g/mol. The van der Waals surface area contributed by atoms with E-state index in [1.807, 2.05) is 0 Å². The minimum atomic E-state index is -1.08. The highest BCUT2D eigenvalue weighted by atomic mass is 35.5. The number of fused-ring (bicyclic) bond motifs is 1. The van der Waals surface area contributed by atoms with Crippen LogP contribution in [-0.4, -0.2) is 35.3 Å². The number of anilines is 1. The molecule has 28 heavy (non-hydrogen) atoms. The number of carbonyl (C=O) groups is 3. The Balaban J connectivity index is 1.59. The fraction of sp³-hybridized carbons (Fsp3) is 0.150. The number of hydrogen-bond donors (Lipinski definition) is 1. The normalized spacial score (nSPS) is 13.9. The predicted octanol–water partition coefficient (Wildman–Crippen LogP) is 3.99. The molecule has 6 nitrogen and oxygen atoms in total. The SMILES string of the molecule is C=C1c2ccccc2C(=O)N1CC(=O)OC(C)C(=O)Nc1cc(Cl)cc(Cl)c1. The van der Waals surface area contributed by atoms with E-state index >= 15 is 0 Å². The van der Waals surface area contributed by atoms with Crippen LogP contribution in [0.4, 0.5) is 5.69 Å². The van der Waals surface area contributed by atoms with Gasteiger partial charge in [0.15, 0.2) is 6.10 Å². The first-order chi connectivity index (χ1) is 13.3. The van der Waals surface area contributed by atoms with Crippen molar-refractivity contribution >= 4 is 52.4 Å². The number of carbonyl (C=O) groups excluding carboxylic acids is 3. The highest BCUT2D eigenvalue weighted by Crippen LogP contribution is 2.30. The zero-order chi connectivity index (χ0) is 20.4. The first-order valence-corrected chi connectivity index (χ1v) is 9.08. The molecule has 8 heteroatoms. The van der Waals surface area contributed by atoms with Crippen molar-refractivity contribution in [3.8, 4) is 0 Å². The van der Waals surface area contributed by atoms with Gasteiger partial charge in [-0.3, -0.25) is 19.3 Å². The van der Waals surface area contributed by atoms with Gasteiger partial charge in [-0.25, -0.2) is 0 Å². The van der Waals surface area contributed by atoms with E-state index in [4.69, 9.17) is 27.9 Å². The maximum atomic E-state index is 12.4. The molecule has 1 atom stereocenters. The second-order valence-corrected chi connectivity index (χ2v) is 7.04. The molecule has 3 rings (SSSR count). The zero-order valence-electron chi connectivity index (χ0n) is 14.9. The zero-order valence-corrected chi connectivity index (χ0v) is 16.4. The Hall–Kier alpha value is -2.83. The van der Waals surface area contributed by atoms with Gasteiger partial charge >= 0.3 is 5.97 Å². The number of ether oxygens (including phenoxy) is 1. The summed E-state index contributed by atoms with van der Waals surface area (Å²) in [6.45, 7) is 4.95.